The summed E-state index contributed by atoms with van der Waals surface area (Å²) in [5.41, 5.74) is -2.13. The van der Waals surface area contributed by atoms with E-state index in [0.29, 0.717) is 6.07 Å². The number of rotatable bonds is 11. The van der Waals surface area contributed by atoms with E-state index in [-0.39, 0.29) is 41.1 Å². The number of anilines is 1. The Labute approximate surface area is 255 Å². The maximum atomic E-state index is 15.5. The molecular weight excluding hydrogens is 621 g/mol. The van der Waals surface area contributed by atoms with Gasteiger partial charge in [0.05, 0.1) is 42.6 Å². The van der Waals surface area contributed by atoms with Gasteiger partial charge >= 0.3 is 12.1 Å². The summed E-state index contributed by atoms with van der Waals surface area (Å²) in [5, 5.41) is 0.243. The maximum Gasteiger partial charge on any atom is 0.421 e. The Hall–Kier alpha value is -3.52. The summed E-state index contributed by atoms with van der Waals surface area (Å²) in [6, 6.07) is 4.05. The van der Waals surface area contributed by atoms with Gasteiger partial charge in [0.2, 0.25) is 5.88 Å². The average molecular weight is 650 g/mol. The number of methoxy groups -OCH3 is 3. The van der Waals surface area contributed by atoms with Crippen LogP contribution in [0.5, 0.6) is 11.6 Å². The van der Waals surface area contributed by atoms with Gasteiger partial charge in [0.15, 0.2) is 11.6 Å². The SMILES string of the molecule is CC.COCC(COC)N(C(=O)c1ccc(Cl)cn1)c1cc(F)c(Oc2ncc(CCl)cc2C(F)(F)F)cc1C(=O)OC. The van der Waals surface area contributed by atoms with E-state index in [1.807, 2.05) is 13.8 Å². The number of alkyl halides is 4. The van der Waals surface area contributed by atoms with Gasteiger partial charge in [-0.15, -0.1) is 11.6 Å². The topological polar surface area (TPSA) is 100 Å². The van der Waals surface area contributed by atoms with Crippen molar-refractivity contribution in [1.29, 1.82) is 0 Å². The second-order valence-corrected chi connectivity index (χ2v) is 9.03. The van der Waals surface area contributed by atoms with Gasteiger partial charge in [-0.05, 0) is 23.8 Å². The van der Waals surface area contributed by atoms with E-state index >= 15 is 4.39 Å². The summed E-state index contributed by atoms with van der Waals surface area (Å²) in [7, 11) is 3.73. The average Bonchev–Trinajstić information content (AvgIpc) is 2.99. The van der Waals surface area contributed by atoms with Crippen LogP contribution in [0.4, 0.5) is 23.2 Å². The fraction of sp³-hybridized carbons (Fsp3) is 0.357. The molecule has 9 nitrogen and oxygen atoms in total. The molecule has 3 rings (SSSR count). The van der Waals surface area contributed by atoms with Gasteiger partial charge in [-0.1, -0.05) is 25.4 Å². The fourth-order valence-corrected chi connectivity index (χ4v) is 3.99. The Morgan fingerprint density at radius 3 is 2.16 bits per heavy atom. The van der Waals surface area contributed by atoms with Crippen molar-refractivity contribution in [3.05, 3.63) is 75.9 Å². The number of ether oxygens (including phenoxy) is 4. The first-order valence-electron chi connectivity index (χ1n) is 12.6. The van der Waals surface area contributed by atoms with Gasteiger partial charge in [0.1, 0.15) is 11.3 Å². The quantitative estimate of drug-likeness (QED) is 0.125. The van der Waals surface area contributed by atoms with E-state index in [9.17, 15) is 22.8 Å². The highest BCUT2D eigenvalue weighted by Gasteiger charge is 2.37. The summed E-state index contributed by atoms with van der Waals surface area (Å²) in [5.74, 6) is -5.11. The first-order chi connectivity index (χ1) is 20.4. The lowest BCUT2D eigenvalue weighted by Crippen LogP contribution is -2.47. The van der Waals surface area contributed by atoms with Crippen LogP contribution in [0, 0.1) is 5.82 Å². The molecule has 2 aromatic heterocycles. The van der Waals surface area contributed by atoms with E-state index in [1.54, 1.807) is 0 Å². The number of nitrogens with zero attached hydrogens (tertiary/aromatic N) is 3. The first-order valence-corrected chi connectivity index (χ1v) is 13.5. The summed E-state index contributed by atoms with van der Waals surface area (Å²) >= 11 is 11.5. The van der Waals surface area contributed by atoms with Gasteiger partial charge in [-0.3, -0.25) is 9.69 Å². The zero-order chi connectivity index (χ0) is 32.3. The Kier molecular flexibility index (Phi) is 13.6. The number of pyridine rings is 2. The van der Waals surface area contributed by atoms with Crippen molar-refractivity contribution in [3.8, 4) is 11.6 Å². The van der Waals surface area contributed by atoms with Crippen molar-refractivity contribution in [2.45, 2.75) is 31.9 Å². The van der Waals surface area contributed by atoms with E-state index in [2.05, 4.69) is 9.97 Å². The smallest absolute Gasteiger partial charge is 0.421 e. The van der Waals surface area contributed by atoms with E-state index in [1.165, 1.54) is 32.5 Å². The molecule has 0 bridgehead atoms. The van der Waals surface area contributed by atoms with E-state index < -0.39 is 52.7 Å². The zero-order valence-corrected chi connectivity index (χ0v) is 25.3. The molecule has 0 aliphatic carbocycles. The van der Waals surface area contributed by atoms with Crippen LogP contribution in [0.15, 0.2) is 42.7 Å². The normalized spacial score (nSPS) is 11.1. The lowest BCUT2D eigenvalue weighted by molar-refractivity contribution is -0.139. The number of hydrogen-bond donors (Lipinski definition) is 0. The van der Waals surface area contributed by atoms with Crippen molar-refractivity contribution in [3.63, 3.8) is 0 Å². The Bertz CT molecular complexity index is 1390. The number of hydrogen-bond acceptors (Lipinski definition) is 8. The minimum atomic E-state index is -4.92. The monoisotopic (exact) mass is 649 g/mol. The van der Waals surface area contributed by atoms with Gasteiger partial charge in [0.25, 0.3) is 5.91 Å². The Morgan fingerprint density at radius 2 is 1.65 bits per heavy atom. The fourth-order valence-electron chi connectivity index (χ4n) is 3.73. The van der Waals surface area contributed by atoms with E-state index in [4.69, 9.17) is 42.1 Å². The number of carbonyl (C=O) groups is 2. The third-order valence-electron chi connectivity index (χ3n) is 5.54. The second kappa shape index (κ2) is 16.4. The molecule has 0 spiro atoms. The van der Waals surface area contributed by atoms with Gasteiger partial charge in [-0.25, -0.2) is 19.2 Å². The van der Waals surface area contributed by atoms with Crippen molar-refractivity contribution in [1.82, 2.24) is 9.97 Å². The molecule has 1 aromatic carbocycles. The molecule has 0 saturated carbocycles. The van der Waals surface area contributed by atoms with Crippen molar-refractivity contribution in [2.75, 3.05) is 39.4 Å². The summed E-state index contributed by atoms with van der Waals surface area (Å²) in [6.45, 7) is 3.75. The minimum absolute atomic E-state index is 0.0460. The lowest BCUT2D eigenvalue weighted by Gasteiger charge is -2.32. The molecule has 0 saturated heterocycles. The molecule has 0 unspecified atom stereocenters. The van der Waals surface area contributed by atoms with Crippen LogP contribution >= 0.6 is 23.2 Å². The molecule has 15 heteroatoms. The Morgan fingerprint density at radius 1 is 1.00 bits per heavy atom. The molecule has 234 valence electrons. The largest absolute Gasteiger partial charge is 0.465 e. The molecule has 0 aliphatic heterocycles. The molecule has 0 radical (unpaired) electrons. The first kappa shape index (κ1) is 35.7. The van der Waals surface area contributed by atoms with Crippen LogP contribution in [0.1, 0.15) is 45.8 Å². The maximum absolute atomic E-state index is 15.5. The predicted molar refractivity (Wildman–Crippen MR) is 152 cm³/mol. The van der Waals surface area contributed by atoms with Gasteiger partial charge < -0.3 is 18.9 Å². The molecule has 0 N–H and O–H groups in total. The number of amides is 1. The molecule has 3 aromatic rings. The summed E-state index contributed by atoms with van der Waals surface area (Å²) in [4.78, 5) is 35.2. The molecular formula is C28H29Cl2F4N3O6. The third kappa shape index (κ3) is 8.99. The van der Waals surface area contributed by atoms with Crippen molar-refractivity contribution >= 4 is 40.8 Å². The number of carbonyl (C=O) groups excluding carboxylic acids is 2. The number of halogens is 6. The predicted octanol–water partition coefficient (Wildman–Crippen LogP) is 6.94. The van der Waals surface area contributed by atoms with Gasteiger partial charge in [0, 0.05) is 44.6 Å². The molecule has 2 heterocycles. The van der Waals surface area contributed by atoms with Crippen molar-refractivity contribution < 1.29 is 46.1 Å². The summed E-state index contributed by atoms with van der Waals surface area (Å²) < 4.78 is 77.1. The highest BCUT2D eigenvalue weighted by molar-refractivity contribution is 6.30. The van der Waals surface area contributed by atoms with Crippen LogP contribution in [-0.2, 0) is 26.3 Å². The lowest BCUT2D eigenvalue weighted by atomic mass is 10.1. The van der Waals surface area contributed by atoms with Crippen LogP contribution < -0.4 is 9.64 Å². The van der Waals surface area contributed by atoms with E-state index in [0.717, 1.165) is 30.3 Å². The standard InChI is InChI=1S/C26H23Cl2F4N3O6.C2H6/c1-38-12-16(13-39-2)35(24(36)20-5-4-15(28)11-33-20)21-8-19(29)22(7-17(21)25(37)40-3)41-23-18(26(30,31)32)6-14(9-27)10-34-23;1-2/h4-8,10-11,16H,9,12-13H2,1-3H3;1-2H3. The number of benzene rings is 1. The molecule has 1 amide bonds. The zero-order valence-electron chi connectivity index (χ0n) is 23.8. The van der Waals surface area contributed by atoms with Crippen LogP contribution in [0.25, 0.3) is 0 Å². The second-order valence-electron chi connectivity index (χ2n) is 8.32. The summed E-state index contributed by atoms with van der Waals surface area (Å²) in [6.07, 6.45) is -2.67. The number of aromatic nitrogens is 2. The van der Waals surface area contributed by atoms with Crippen LogP contribution in [-0.4, -0.2) is 62.4 Å². The molecule has 0 aliphatic rings. The van der Waals surface area contributed by atoms with Crippen LogP contribution in [0.3, 0.4) is 0 Å². The minimum Gasteiger partial charge on any atom is -0.465 e. The number of esters is 1. The van der Waals surface area contributed by atoms with Crippen molar-refractivity contribution in [2.24, 2.45) is 0 Å². The highest BCUT2D eigenvalue weighted by Crippen LogP contribution is 2.40. The van der Waals surface area contributed by atoms with Gasteiger partial charge in [-0.2, -0.15) is 13.2 Å². The molecule has 43 heavy (non-hydrogen) atoms. The third-order valence-corrected chi connectivity index (χ3v) is 6.07. The highest BCUT2D eigenvalue weighted by atomic mass is 35.5. The molecule has 0 fully saturated rings. The molecule has 0 atom stereocenters. The van der Waals surface area contributed by atoms with Crippen LogP contribution in [0.2, 0.25) is 5.02 Å². The Balaban J connectivity index is 0.00000316.